The van der Waals surface area contributed by atoms with Gasteiger partial charge in [-0.15, -0.1) is 0 Å². The van der Waals surface area contributed by atoms with Crippen LogP contribution in [0.1, 0.15) is 5.56 Å². The van der Waals surface area contributed by atoms with Crippen LogP contribution in [0.15, 0.2) is 42.5 Å². The summed E-state index contributed by atoms with van der Waals surface area (Å²) in [6.45, 7) is 0. The van der Waals surface area contributed by atoms with Gasteiger partial charge in [-0.2, -0.15) is 5.26 Å². The Hall–Kier alpha value is -2.14. The molecule has 0 aliphatic rings. The van der Waals surface area contributed by atoms with Gasteiger partial charge in [0.2, 0.25) is 5.75 Å². The molecule has 0 aliphatic heterocycles. The highest BCUT2D eigenvalue weighted by atomic mass is 127. The van der Waals surface area contributed by atoms with Gasteiger partial charge in [-0.05, 0) is 46.9 Å². The van der Waals surface area contributed by atoms with Crippen LogP contribution in [0.4, 0.5) is 5.69 Å². The monoisotopic (exact) mass is 366 g/mol. The Kier molecular flexibility index (Phi) is 3.97. The highest BCUT2D eigenvalue weighted by molar-refractivity contribution is 14.1. The number of hydrogen-bond donors (Lipinski definition) is 0. The van der Waals surface area contributed by atoms with E-state index in [1.54, 1.807) is 24.3 Å². The Morgan fingerprint density at radius 3 is 2.47 bits per heavy atom. The predicted octanol–water partition coefficient (Wildman–Crippen LogP) is 3.86. The van der Waals surface area contributed by atoms with E-state index in [9.17, 15) is 10.1 Å². The molecule has 0 amide bonds. The molecule has 0 heterocycles. The number of halogens is 1. The van der Waals surface area contributed by atoms with Crippen molar-refractivity contribution in [1.29, 1.82) is 5.26 Å². The molecular weight excluding hydrogens is 359 g/mol. The molecule has 0 N–H and O–H groups in total. The molecule has 0 bridgehead atoms. The average molecular weight is 366 g/mol. The van der Waals surface area contributed by atoms with E-state index in [4.69, 9.17) is 10.00 Å². The molecule has 0 atom stereocenters. The topological polar surface area (TPSA) is 76.2 Å². The van der Waals surface area contributed by atoms with Gasteiger partial charge in [0, 0.05) is 0 Å². The van der Waals surface area contributed by atoms with E-state index in [0.717, 1.165) is 3.57 Å². The van der Waals surface area contributed by atoms with Gasteiger partial charge in [-0.25, -0.2) is 0 Å². The van der Waals surface area contributed by atoms with Gasteiger partial charge < -0.3 is 4.74 Å². The van der Waals surface area contributed by atoms with Crippen molar-refractivity contribution in [2.24, 2.45) is 0 Å². The number of nitrogens with zero attached hydrogens (tertiary/aromatic N) is 2. The molecule has 5 nitrogen and oxygen atoms in total. The Morgan fingerprint density at radius 2 is 1.84 bits per heavy atom. The summed E-state index contributed by atoms with van der Waals surface area (Å²) >= 11 is 2.07. The summed E-state index contributed by atoms with van der Waals surface area (Å²) in [5, 5.41) is 20.0. The summed E-state index contributed by atoms with van der Waals surface area (Å²) in [4.78, 5) is 10.4. The average Bonchev–Trinajstić information content (AvgIpc) is 2.40. The highest BCUT2D eigenvalue weighted by Crippen LogP contribution is 2.35. The molecule has 0 fully saturated rings. The molecule has 2 aromatic carbocycles. The minimum atomic E-state index is -0.607. The van der Waals surface area contributed by atoms with Crippen LogP contribution in [-0.4, -0.2) is 4.92 Å². The summed E-state index contributed by atoms with van der Waals surface area (Å²) in [5.41, 5.74) is -0.335. The van der Waals surface area contributed by atoms with Crippen LogP contribution in [-0.2, 0) is 0 Å². The first-order valence-electron chi connectivity index (χ1n) is 5.23. The van der Waals surface area contributed by atoms with Gasteiger partial charge in [-0.1, -0.05) is 18.2 Å². The first-order valence-corrected chi connectivity index (χ1v) is 6.31. The van der Waals surface area contributed by atoms with Crippen molar-refractivity contribution >= 4 is 28.3 Å². The van der Waals surface area contributed by atoms with E-state index >= 15 is 0 Å². The smallest absolute Gasteiger partial charge is 0.329 e. The van der Waals surface area contributed by atoms with Gasteiger partial charge in [0.05, 0.1) is 8.49 Å². The zero-order valence-corrected chi connectivity index (χ0v) is 11.7. The summed E-state index contributed by atoms with van der Waals surface area (Å²) in [5.74, 6) is 0.578. The lowest BCUT2D eigenvalue weighted by Gasteiger charge is -2.08. The number of rotatable bonds is 3. The summed E-state index contributed by atoms with van der Waals surface area (Å²) in [7, 11) is 0. The summed E-state index contributed by atoms with van der Waals surface area (Å²) < 4.78 is 6.37. The van der Waals surface area contributed by atoms with Gasteiger partial charge in [0.25, 0.3) is 0 Å². The quantitative estimate of drug-likeness (QED) is 0.470. The van der Waals surface area contributed by atoms with Crippen LogP contribution in [0.3, 0.4) is 0 Å². The second-order valence-electron chi connectivity index (χ2n) is 3.55. The molecule has 19 heavy (non-hydrogen) atoms. The summed E-state index contributed by atoms with van der Waals surface area (Å²) in [6.07, 6.45) is 0. The van der Waals surface area contributed by atoms with E-state index in [2.05, 4.69) is 22.6 Å². The Labute approximate surface area is 122 Å². The van der Waals surface area contributed by atoms with Crippen LogP contribution in [0.25, 0.3) is 0 Å². The molecule has 0 radical (unpaired) electrons. The number of benzene rings is 2. The molecule has 0 unspecified atom stereocenters. The van der Waals surface area contributed by atoms with Crippen molar-refractivity contribution < 1.29 is 9.66 Å². The second-order valence-corrected chi connectivity index (χ2v) is 4.72. The number of nitriles is 1. The van der Waals surface area contributed by atoms with Crippen LogP contribution in [0.2, 0.25) is 0 Å². The molecule has 0 aromatic heterocycles. The third-order valence-corrected chi connectivity index (χ3v) is 3.25. The van der Waals surface area contributed by atoms with Crippen LogP contribution >= 0.6 is 22.6 Å². The van der Waals surface area contributed by atoms with Gasteiger partial charge in [0.1, 0.15) is 17.4 Å². The van der Waals surface area contributed by atoms with Crippen molar-refractivity contribution in [2.75, 3.05) is 0 Å². The molecule has 0 spiro atoms. The maximum absolute atomic E-state index is 11.0. The fourth-order valence-corrected chi connectivity index (χ4v) is 2.03. The number of para-hydroxylation sites is 2. The Balaban J connectivity index is 2.50. The largest absolute Gasteiger partial charge is 0.449 e. The lowest BCUT2D eigenvalue weighted by atomic mass is 10.2. The van der Waals surface area contributed by atoms with E-state index in [1.165, 1.54) is 12.1 Å². The van der Waals surface area contributed by atoms with Gasteiger partial charge in [0.15, 0.2) is 0 Å². The molecule has 6 heteroatoms. The molecule has 0 aliphatic carbocycles. The third-order valence-electron chi connectivity index (χ3n) is 2.36. The van der Waals surface area contributed by atoms with Crippen LogP contribution < -0.4 is 4.74 Å². The minimum absolute atomic E-state index is 0.0200. The zero-order chi connectivity index (χ0) is 13.8. The molecular formula is C13H7IN2O3. The number of nitro groups is 1. The molecule has 0 saturated carbocycles. The summed E-state index contributed by atoms with van der Waals surface area (Å²) in [6, 6.07) is 13.4. The van der Waals surface area contributed by atoms with Crippen LogP contribution in [0, 0.1) is 25.0 Å². The third kappa shape index (κ3) is 2.82. The molecule has 0 saturated heterocycles. The van der Waals surface area contributed by atoms with Crippen molar-refractivity contribution in [3.8, 4) is 17.6 Å². The fraction of sp³-hybridized carbons (Fsp3) is 0. The number of ether oxygens (including phenoxy) is 1. The van der Waals surface area contributed by atoms with Crippen molar-refractivity contribution in [3.05, 3.63) is 61.7 Å². The van der Waals surface area contributed by atoms with Gasteiger partial charge in [-0.3, -0.25) is 10.1 Å². The maximum atomic E-state index is 11.0. The highest BCUT2D eigenvalue weighted by Gasteiger charge is 2.21. The standard InChI is InChI=1S/C13H7IN2O3/c14-10-5-1-2-6-11(10)19-12-7-3-4-9(8-15)13(12)16(17)18/h1-7H. The Bertz CT molecular complexity index is 680. The van der Waals surface area contributed by atoms with Gasteiger partial charge >= 0.3 is 5.69 Å². The van der Waals surface area contributed by atoms with Crippen LogP contribution in [0.5, 0.6) is 11.5 Å². The first-order chi connectivity index (χ1) is 9.13. The zero-order valence-electron chi connectivity index (χ0n) is 9.54. The van der Waals surface area contributed by atoms with E-state index in [0.29, 0.717) is 5.75 Å². The molecule has 94 valence electrons. The molecule has 2 rings (SSSR count). The van der Waals surface area contributed by atoms with Crippen molar-refractivity contribution in [2.45, 2.75) is 0 Å². The minimum Gasteiger partial charge on any atom is -0.449 e. The number of nitro benzene ring substituents is 1. The van der Waals surface area contributed by atoms with Crippen molar-refractivity contribution in [3.63, 3.8) is 0 Å². The maximum Gasteiger partial charge on any atom is 0.329 e. The lowest BCUT2D eigenvalue weighted by Crippen LogP contribution is -1.97. The van der Waals surface area contributed by atoms with E-state index in [-0.39, 0.29) is 17.0 Å². The normalized spacial score (nSPS) is 9.68. The second kappa shape index (κ2) is 5.67. The first kappa shape index (κ1) is 13.3. The predicted molar refractivity (Wildman–Crippen MR) is 77.0 cm³/mol. The van der Waals surface area contributed by atoms with Crippen molar-refractivity contribution in [1.82, 2.24) is 0 Å². The fourth-order valence-electron chi connectivity index (χ4n) is 1.53. The SMILES string of the molecule is N#Cc1cccc(Oc2ccccc2I)c1[N+](=O)[O-]. The lowest BCUT2D eigenvalue weighted by molar-refractivity contribution is -0.385. The Morgan fingerprint density at radius 1 is 1.16 bits per heavy atom. The number of hydrogen-bond acceptors (Lipinski definition) is 4. The van der Waals surface area contributed by atoms with E-state index in [1.807, 2.05) is 12.1 Å². The molecule has 2 aromatic rings. The van der Waals surface area contributed by atoms with E-state index < -0.39 is 4.92 Å².